The standard InChI is InChI=1S/C71H85BN2S/c1-42-35-57-61-58(36-42)74(55-27-23-43(64(2,3)4)37-47(55)46-21-20-22-50-60(46)71(18,19)34-33-67(50,10)11)56-28-24-44(65(5,6)7)38-54(56)72(61)63-62(48-40-52-53(41-59(48)75-63)70(16,17)32-31-69(52,14)15)73(57)45-25-26-49-51(39-45)68(12,13)30-29-66(49,8)9/h20-28,35-41H,29-34H2,1-19H3. The fourth-order valence-corrected chi connectivity index (χ4v) is 16.1. The van der Waals surface area contributed by atoms with Gasteiger partial charge in [0.05, 0.1) is 11.4 Å². The fraction of sp³-hybridized carbons (Fsp3) is 0.465. The Labute approximate surface area is 456 Å². The Morgan fingerprint density at radius 3 is 1.59 bits per heavy atom. The summed E-state index contributed by atoms with van der Waals surface area (Å²) in [6.45, 7) is 46.5. The van der Waals surface area contributed by atoms with Crippen LogP contribution in [0.2, 0.25) is 0 Å². The van der Waals surface area contributed by atoms with Crippen LogP contribution in [0.4, 0.5) is 34.1 Å². The summed E-state index contributed by atoms with van der Waals surface area (Å²) < 4.78 is 2.88. The first-order valence-electron chi connectivity index (χ1n) is 28.8. The second-order valence-corrected chi connectivity index (χ2v) is 31.4. The molecule has 0 N–H and O–H groups in total. The van der Waals surface area contributed by atoms with E-state index in [9.17, 15) is 0 Å². The number of benzene rings is 6. The number of hydrogen-bond acceptors (Lipinski definition) is 3. The molecule has 2 aliphatic heterocycles. The van der Waals surface area contributed by atoms with Crippen LogP contribution in [0.3, 0.4) is 0 Å². The van der Waals surface area contributed by atoms with Gasteiger partial charge in [-0.1, -0.05) is 167 Å². The molecule has 6 aromatic carbocycles. The van der Waals surface area contributed by atoms with Gasteiger partial charge in [0.25, 0.3) is 6.71 Å². The summed E-state index contributed by atoms with van der Waals surface area (Å²) >= 11 is 2.08. The van der Waals surface area contributed by atoms with Crippen molar-refractivity contribution < 1.29 is 0 Å². The SMILES string of the molecule is Cc1cc2c3c(c1)N(c1ccc4c(c1)C(C)(C)CCC4(C)C)c1c(sc4cc5c(cc14)C(C)(C)CCC5(C)C)B3c1cc(C(C)(C)C)ccc1N2c1ccc(C(C)(C)C)cc1-c1cccc2c1C(C)(C)CCC2(C)C. The van der Waals surface area contributed by atoms with Gasteiger partial charge in [0.15, 0.2) is 0 Å². The van der Waals surface area contributed by atoms with Crippen molar-refractivity contribution in [1.82, 2.24) is 0 Å². The van der Waals surface area contributed by atoms with E-state index < -0.39 is 0 Å². The molecule has 0 spiro atoms. The maximum Gasteiger partial charge on any atom is 0.264 e. The Morgan fingerprint density at radius 1 is 0.453 bits per heavy atom. The highest BCUT2D eigenvalue weighted by molar-refractivity contribution is 7.33. The molecule has 2 nitrogen and oxygen atoms in total. The second-order valence-electron chi connectivity index (χ2n) is 30.3. The zero-order valence-corrected chi connectivity index (χ0v) is 50.2. The number of nitrogens with zero attached hydrogens (tertiary/aromatic N) is 2. The predicted molar refractivity (Wildman–Crippen MR) is 329 cm³/mol. The van der Waals surface area contributed by atoms with Crippen LogP contribution in [0.1, 0.15) is 213 Å². The maximum atomic E-state index is 2.76. The van der Waals surface area contributed by atoms with Crippen molar-refractivity contribution in [2.75, 3.05) is 9.80 Å². The highest BCUT2D eigenvalue weighted by Gasteiger charge is 2.49. The molecule has 0 atom stereocenters. The molecule has 0 amide bonds. The summed E-state index contributed by atoms with van der Waals surface area (Å²) in [4.78, 5) is 5.49. The summed E-state index contributed by atoms with van der Waals surface area (Å²) in [6.07, 6.45) is 7.12. The fourth-order valence-electron chi connectivity index (χ4n) is 14.8. The third kappa shape index (κ3) is 7.65. The van der Waals surface area contributed by atoms with Crippen LogP contribution in [0, 0.1) is 6.92 Å². The topological polar surface area (TPSA) is 6.48 Å². The molecule has 0 saturated heterocycles. The van der Waals surface area contributed by atoms with Crippen molar-refractivity contribution in [3.63, 3.8) is 0 Å². The molecule has 0 bridgehead atoms. The van der Waals surface area contributed by atoms with Crippen LogP contribution in [0.5, 0.6) is 0 Å². The monoisotopic (exact) mass is 1010 g/mol. The minimum atomic E-state index is -0.0408. The number of rotatable bonds is 3. The van der Waals surface area contributed by atoms with Gasteiger partial charge in [-0.05, 0) is 210 Å². The molecular formula is C71H85BN2S. The molecule has 1 aromatic heterocycles. The second kappa shape index (κ2) is 16.0. The van der Waals surface area contributed by atoms with E-state index in [1.54, 1.807) is 0 Å². The quantitative estimate of drug-likeness (QED) is 0.163. The molecule has 0 saturated carbocycles. The van der Waals surface area contributed by atoms with Gasteiger partial charge in [-0.3, -0.25) is 0 Å². The third-order valence-electron chi connectivity index (χ3n) is 20.0. The van der Waals surface area contributed by atoms with Gasteiger partial charge in [-0.15, -0.1) is 11.3 Å². The van der Waals surface area contributed by atoms with Crippen molar-refractivity contribution in [3.05, 3.63) is 147 Å². The number of thiophene rings is 1. The van der Waals surface area contributed by atoms with E-state index in [1.807, 2.05) is 0 Å². The molecule has 12 rings (SSSR count). The Bertz CT molecular complexity index is 3560. The molecule has 3 aliphatic carbocycles. The lowest BCUT2D eigenvalue weighted by molar-refractivity contribution is 0.332. The Hall–Kier alpha value is -5.06. The molecule has 4 heteroatoms. The zero-order chi connectivity index (χ0) is 53.7. The summed E-state index contributed by atoms with van der Waals surface area (Å²) in [5.41, 5.74) is 26.9. The van der Waals surface area contributed by atoms with Crippen LogP contribution in [-0.2, 0) is 43.3 Å². The van der Waals surface area contributed by atoms with Gasteiger partial charge in [0.2, 0.25) is 0 Å². The third-order valence-corrected chi connectivity index (χ3v) is 21.2. The molecule has 75 heavy (non-hydrogen) atoms. The number of hydrogen-bond donors (Lipinski definition) is 0. The lowest BCUT2D eigenvalue weighted by Gasteiger charge is -2.46. The summed E-state index contributed by atoms with van der Waals surface area (Å²) in [5.74, 6) is 0. The minimum Gasteiger partial charge on any atom is -0.311 e. The molecular weight excluding hydrogens is 924 g/mol. The molecule has 5 aliphatic rings. The van der Waals surface area contributed by atoms with Crippen LogP contribution < -0.4 is 25.5 Å². The first-order chi connectivity index (χ1) is 34.8. The summed E-state index contributed by atoms with van der Waals surface area (Å²) in [7, 11) is 0. The lowest BCUT2D eigenvalue weighted by Crippen LogP contribution is -2.60. The van der Waals surface area contributed by atoms with E-state index in [2.05, 4.69) is 250 Å². The summed E-state index contributed by atoms with van der Waals surface area (Å²) in [6, 6.07) is 40.4. The van der Waals surface area contributed by atoms with Crippen molar-refractivity contribution >= 4 is 78.0 Å². The maximum absolute atomic E-state index is 2.76. The van der Waals surface area contributed by atoms with Gasteiger partial charge < -0.3 is 9.80 Å². The Morgan fingerprint density at radius 2 is 0.973 bits per heavy atom. The average Bonchev–Trinajstić information content (AvgIpc) is 3.70. The number of aryl methyl sites for hydroxylation is 1. The number of anilines is 6. The average molecular weight is 1010 g/mol. The van der Waals surface area contributed by atoms with Crippen LogP contribution in [-0.4, -0.2) is 6.71 Å². The first-order valence-corrected chi connectivity index (χ1v) is 29.6. The van der Waals surface area contributed by atoms with Crippen molar-refractivity contribution in [1.29, 1.82) is 0 Å². The highest BCUT2D eigenvalue weighted by atomic mass is 32.1. The van der Waals surface area contributed by atoms with Gasteiger partial charge in [0, 0.05) is 43.2 Å². The number of fused-ring (bicyclic) bond motifs is 9. The van der Waals surface area contributed by atoms with Crippen molar-refractivity contribution in [3.8, 4) is 11.1 Å². The Balaban J connectivity index is 1.21. The molecule has 3 heterocycles. The van der Waals surface area contributed by atoms with E-state index in [1.165, 1.54) is 153 Å². The normalized spacial score (nSPS) is 20.2. The van der Waals surface area contributed by atoms with E-state index in [4.69, 9.17) is 0 Å². The molecule has 0 radical (unpaired) electrons. The minimum absolute atomic E-state index is 0.0197. The van der Waals surface area contributed by atoms with Gasteiger partial charge in [-0.2, -0.15) is 0 Å². The Kier molecular flexibility index (Phi) is 10.8. The van der Waals surface area contributed by atoms with Gasteiger partial charge in [0.1, 0.15) is 0 Å². The lowest BCUT2D eigenvalue weighted by atomic mass is 9.36. The van der Waals surface area contributed by atoms with E-state index in [-0.39, 0.29) is 50.0 Å². The predicted octanol–water partition coefficient (Wildman–Crippen LogP) is 18.6. The van der Waals surface area contributed by atoms with Crippen LogP contribution in [0.25, 0.3) is 21.2 Å². The first kappa shape index (κ1) is 50.7. The van der Waals surface area contributed by atoms with Gasteiger partial charge in [-0.25, -0.2) is 0 Å². The smallest absolute Gasteiger partial charge is 0.264 e. The molecule has 0 unspecified atom stereocenters. The van der Waals surface area contributed by atoms with Gasteiger partial charge >= 0.3 is 0 Å². The van der Waals surface area contributed by atoms with Crippen LogP contribution in [0.15, 0.2) is 97.1 Å². The highest BCUT2D eigenvalue weighted by Crippen LogP contribution is 2.57. The van der Waals surface area contributed by atoms with E-state index >= 15 is 0 Å². The van der Waals surface area contributed by atoms with Crippen molar-refractivity contribution in [2.24, 2.45) is 0 Å². The van der Waals surface area contributed by atoms with E-state index in [0.717, 1.165) is 6.42 Å². The molecule has 7 aromatic rings. The van der Waals surface area contributed by atoms with Crippen molar-refractivity contribution in [2.45, 2.75) is 213 Å². The van der Waals surface area contributed by atoms with Crippen LogP contribution >= 0.6 is 11.3 Å². The molecule has 388 valence electrons. The summed E-state index contributed by atoms with van der Waals surface area (Å²) in [5, 5.41) is 1.40. The zero-order valence-electron chi connectivity index (χ0n) is 49.4. The molecule has 0 fully saturated rings. The van der Waals surface area contributed by atoms with E-state index in [0.29, 0.717) is 0 Å². The largest absolute Gasteiger partial charge is 0.311 e.